The molecule has 2 N–H and O–H groups in total. The number of likely N-dealkylation sites (N-methyl/N-ethyl adjacent to an activating group) is 1. The van der Waals surface area contributed by atoms with Crippen LogP contribution < -0.4 is 4.90 Å². The molecule has 3 heteroatoms. The number of rotatable bonds is 2. The first-order valence-corrected chi connectivity index (χ1v) is 2.58. The average molecular weight is 118 g/mol. The standard InChI is InChI=1S/C5H11NO2/c1-4(5(7)8)6(2)3/h4H,1-3H3,(H,7,8)/p+1/t4-/m0/s1. The molecule has 0 heterocycles. The number of carboxylic acid groups (broad SMARTS) is 1. The van der Waals surface area contributed by atoms with Crippen molar-refractivity contribution in [3.8, 4) is 0 Å². The maximum Gasteiger partial charge on any atom is 0.362 e. The van der Waals surface area contributed by atoms with Crippen molar-refractivity contribution in [1.82, 2.24) is 0 Å². The van der Waals surface area contributed by atoms with Crippen LogP contribution in [0.25, 0.3) is 0 Å². The van der Waals surface area contributed by atoms with Gasteiger partial charge in [0.15, 0.2) is 6.04 Å². The van der Waals surface area contributed by atoms with Gasteiger partial charge in [-0.1, -0.05) is 0 Å². The quantitative estimate of drug-likeness (QED) is 0.468. The lowest BCUT2D eigenvalue weighted by atomic mass is 10.3. The van der Waals surface area contributed by atoms with E-state index in [1.807, 2.05) is 14.1 Å². The molecule has 0 rings (SSSR count). The van der Waals surface area contributed by atoms with Crippen LogP contribution in [0.1, 0.15) is 6.92 Å². The highest BCUT2D eigenvalue weighted by Crippen LogP contribution is 1.68. The number of carbonyl (C=O) groups is 1. The van der Waals surface area contributed by atoms with Gasteiger partial charge in [-0.15, -0.1) is 0 Å². The van der Waals surface area contributed by atoms with Crippen LogP contribution in [0.3, 0.4) is 0 Å². The second-order valence-corrected chi connectivity index (χ2v) is 2.14. The number of nitrogens with one attached hydrogen (secondary N) is 1. The maximum atomic E-state index is 10.1. The molecule has 0 fully saturated rings. The summed E-state index contributed by atoms with van der Waals surface area (Å²) in [6, 6.07) is -0.296. The van der Waals surface area contributed by atoms with E-state index in [1.54, 1.807) is 6.92 Å². The van der Waals surface area contributed by atoms with Crippen molar-refractivity contribution in [2.24, 2.45) is 0 Å². The average Bonchev–Trinajstić information content (AvgIpc) is 1.64. The van der Waals surface area contributed by atoms with Crippen LogP contribution in [0.5, 0.6) is 0 Å². The molecule has 0 aliphatic carbocycles. The summed E-state index contributed by atoms with van der Waals surface area (Å²) in [7, 11) is 3.64. The van der Waals surface area contributed by atoms with Gasteiger partial charge in [-0.2, -0.15) is 0 Å². The summed E-state index contributed by atoms with van der Waals surface area (Å²) >= 11 is 0. The summed E-state index contributed by atoms with van der Waals surface area (Å²) in [4.78, 5) is 11.1. The summed E-state index contributed by atoms with van der Waals surface area (Å²) in [5, 5.41) is 8.33. The Morgan fingerprint density at radius 3 is 2.00 bits per heavy atom. The highest BCUT2D eigenvalue weighted by Gasteiger charge is 2.15. The van der Waals surface area contributed by atoms with E-state index < -0.39 is 5.97 Å². The monoisotopic (exact) mass is 118 g/mol. The van der Waals surface area contributed by atoms with Crippen LogP contribution in [0.4, 0.5) is 0 Å². The molecule has 1 atom stereocenters. The zero-order valence-electron chi connectivity index (χ0n) is 5.43. The molecule has 3 nitrogen and oxygen atoms in total. The molecule has 0 aromatic heterocycles. The lowest BCUT2D eigenvalue weighted by Gasteiger charge is -2.10. The number of carboxylic acids is 1. The van der Waals surface area contributed by atoms with Gasteiger partial charge in [0.25, 0.3) is 0 Å². The molecule has 0 aliphatic heterocycles. The molecule has 0 unspecified atom stereocenters. The van der Waals surface area contributed by atoms with Crippen LogP contribution in [0.15, 0.2) is 0 Å². The van der Waals surface area contributed by atoms with Crippen LogP contribution in [0, 0.1) is 0 Å². The van der Waals surface area contributed by atoms with Crippen LogP contribution >= 0.6 is 0 Å². The molecule has 0 saturated carbocycles. The normalized spacial score (nSPS) is 14.0. The van der Waals surface area contributed by atoms with Gasteiger partial charge in [0.1, 0.15) is 0 Å². The zero-order valence-corrected chi connectivity index (χ0v) is 5.43. The SMILES string of the molecule is C[C@@H](C(=O)O)[NH+](C)C. The molecule has 0 saturated heterocycles. The molecule has 8 heavy (non-hydrogen) atoms. The van der Waals surface area contributed by atoms with Gasteiger partial charge in [-0.25, -0.2) is 4.79 Å². The van der Waals surface area contributed by atoms with Crippen molar-refractivity contribution in [1.29, 1.82) is 0 Å². The van der Waals surface area contributed by atoms with E-state index >= 15 is 0 Å². The third-order valence-electron chi connectivity index (χ3n) is 1.24. The zero-order chi connectivity index (χ0) is 6.73. The Balaban J connectivity index is 3.64. The third-order valence-corrected chi connectivity index (χ3v) is 1.24. The van der Waals surface area contributed by atoms with Gasteiger partial charge >= 0.3 is 5.97 Å². The fourth-order valence-corrected chi connectivity index (χ4v) is 0.247. The van der Waals surface area contributed by atoms with Gasteiger partial charge in [-0.3, -0.25) is 0 Å². The number of hydrogen-bond acceptors (Lipinski definition) is 1. The molecular formula is C5H12NO2+. The topological polar surface area (TPSA) is 41.7 Å². The van der Waals surface area contributed by atoms with E-state index in [2.05, 4.69) is 0 Å². The summed E-state index contributed by atoms with van der Waals surface area (Å²) in [5.41, 5.74) is 0. The number of hydrogen-bond donors (Lipinski definition) is 2. The first kappa shape index (κ1) is 7.43. The maximum absolute atomic E-state index is 10.1. The minimum atomic E-state index is -0.745. The van der Waals surface area contributed by atoms with Crippen molar-refractivity contribution in [3.63, 3.8) is 0 Å². The first-order valence-electron chi connectivity index (χ1n) is 2.58. The van der Waals surface area contributed by atoms with Crippen molar-refractivity contribution < 1.29 is 14.8 Å². The summed E-state index contributed by atoms with van der Waals surface area (Å²) < 4.78 is 0. The highest BCUT2D eigenvalue weighted by molar-refractivity contribution is 5.71. The molecule has 48 valence electrons. The Morgan fingerprint density at radius 1 is 1.62 bits per heavy atom. The molecule has 0 bridgehead atoms. The predicted octanol–water partition coefficient (Wildman–Crippen LogP) is -1.40. The number of aliphatic carboxylic acids is 1. The third kappa shape index (κ3) is 1.93. The smallest absolute Gasteiger partial charge is 0.362 e. The molecular weight excluding hydrogens is 106 g/mol. The van der Waals surface area contributed by atoms with Crippen molar-refractivity contribution in [2.75, 3.05) is 14.1 Å². The second-order valence-electron chi connectivity index (χ2n) is 2.14. The summed E-state index contributed by atoms with van der Waals surface area (Å²) in [5.74, 6) is -0.745. The largest absolute Gasteiger partial charge is 0.477 e. The molecule has 0 radical (unpaired) electrons. The van der Waals surface area contributed by atoms with E-state index in [0.29, 0.717) is 0 Å². The van der Waals surface area contributed by atoms with Gasteiger partial charge in [0.05, 0.1) is 14.1 Å². The Hall–Kier alpha value is -0.570. The van der Waals surface area contributed by atoms with E-state index in [-0.39, 0.29) is 6.04 Å². The lowest BCUT2D eigenvalue weighted by Crippen LogP contribution is -3.10. The fraction of sp³-hybridized carbons (Fsp3) is 0.800. The van der Waals surface area contributed by atoms with Crippen LogP contribution in [-0.2, 0) is 4.79 Å². The van der Waals surface area contributed by atoms with Crippen LogP contribution in [0.2, 0.25) is 0 Å². The fourth-order valence-electron chi connectivity index (χ4n) is 0.247. The molecule has 0 aliphatic rings. The van der Waals surface area contributed by atoms with Gasteiger partial charge in [0, 0.05) is 0 Å². The summed E-state index contributed by atoms with van der Waals surface area (Å²) in [6.07, 6.45) is 0. The Labute approximate surface area is 48.9 Å². The minimum absolute atomic E-state index is 0.296. The lowest BCUT2D eigenvalue weighted by molar-refractivity contribution is -0.874. The van der Waals surface area contributed by atoms with Crippen molar-refractivity contribution in [3.05, 3.63) is 0 Å². The van der Waals surface area contributed by atoms with Gasteiger partial charge in [0.2, 0.25) is 0 Å². The highest BCUT2D eigenvalue weighted by atomic mass is 16.4. The Morgan fingerprint density at radius 2 is 2.00 bits per heavy atom. The van der Waals surface area contributed by atoms with E-state index in [0.717, 1.165) is 4.90 Å². The summed E-state index contributed by atoms with van der Waals surface area (Å²) in [6.45, 7) is 1.68. The molecule has 0 aromatic rings. The molecule has 0 amide bonds. The second kappa shape index (κ2) is 2.67. The molecule has 0 spiro atoms. The Kier molecular flexibility index (Phi) is 2.48. The van der Waals surface area contributed by atoms with Crippen molar-refractivity contribution >= 4 is 5.97 Å². The van der Waals surface area contributed by atoms with Gasteiger partial charge < -0.3 is 10.0 Å². The first-order chi connectivity index (χ1) is 3.55. The number of quaternary nitrogens is 1. The van der Waals surface area contributed by atoms with E-state index in [4.69, 9.17) is 5.11 Å². The van der Waals surface area contributed by atoms with E-state index in [9.17, 15) is 4.79 Å². The molecule has 0 aromatic carbocycles. The van der Waals surface area contributed by atoms with E-state index in [1.165, 1.54) is 0 Å². The van der Waals surface area contributed by atoms with Gasteiger partial charge in [-0.05, 0) is 6.92 Å². The minimum Gasteiger partial charge on any atom is -0.477 e. The predicted molar refractivity (Wildman–Crippen MR) is 29.9 cm³/mol. The Bertz CT molecular complexity index is 90.4. The van der Waals surface area contributed by atoms with Crippen LogP contribution in [-0.4, -0.2) is 31.2 Å². The van der Waals surface area contributed by atoms with Crippen molar-refractivity contribution in [2.45, 2.75) is 13.0 Å².